The lowest BCUT2D eigenvalue weighted by Crippen LogP contribution is -2.20. The van der Waals surface area contributed by atoms with E-state index >= 15 is 0 Å². The van der Waals surface area contributed by atoms with Crippen LogP contribution in [0.4, 0.5) is 5.82 Å². The molecular weight excluding hydrogens is 234 g/mol. The number of nitriles is 1. The number of pyridine rings is 1. The summed E-state index contributed by atoms with van der Waals surface area (Å²) in [5.74, 6) is 1.47. The number of anilines is 1. The Morgan fingerprint density at radius 1 is 1.42 bits per heavy atom. The molecule has 3 nitrogen and oxygen atoms in total. The maximum atomic E-state index is 9.26. The molecule has 1 aliphatic carbocycles. The minimum Gasteiger partial charge on any atom is -0.367 e. The third-order valence-corrected chi connectivity index (χ3v) is 4.01. The minimum absolute atomic E-state index is 0.356. The highest BCUT2D eigenvalue weighted by atomic mass is 15.0. The second-order valence-electron chi connectivity index (χ2n) is 5.75. The monoisotopic (exact) mass is 257 g/mol. The number of aromatic nitrogens is 1. The fraction of sp³-hybridized carbons (Fsp3) is 0.625. The second-order valence-corrected chi connectivity index (χ2v) is 5.75. The first-order valence-corrected chi connectivity index (χ1v) is 7.33. The number of aryl methyl sites for hydroxylation is 2. The van der Waals surface area contributed by atoms with Gasteiger partial charge in [-0.2, -0.15) is 5.26 Å². The second kappa shape index (κ2) is 6.06. The Labute approximate surface area is 116 Å². The van der Waals surface area contributed by atoms with Crippen LogP contribution in [0.5, 0.6) is 0 Å². The van der Waals surface area contributed by atoms with E-state index in [0.717, 1.165) is 25.1 Å². The van der Waals surface area contributed by atoms with Crippen LogP contribution in [-0.4, -0.2) is 11.0 Å². The average molecular weight is 257 g/mol. The fourth-order valence-corrected chi connectivity index (χ4v) is 2.73. The predicted molar refractivity (Wildman–Crippen MR) is 78.1 cm³/mol. The highest BCUT2D eigenvalue weighted by molar-refractivity contribution is 5.55. The molecule has 1 aromatic heterocycles. The summed E-state index contributed by atoms with van der Waals surface area (Å²) < 4.78 is 0. The molecule has 1 aromatic rings. The molecule has 3 heteroatoms. The normalized spacial score (nSPS) is 16.5. The number of fused-ring (bicyclic) bond motifs is 1. The van der Waals surface area contributed by atoms with Crippen LogP contribution in [0.2, 0.25) is 0 Å². The van der Waals surface area contributed by atoms with Crippen LogP contribution in [-0.2, 0) is 12.8 Å². The van der Waals surface area contributed by atoms with Crippen molar-refractivity contribution in [3.05, 3.63) is 22.9 Å². The lowest BCUT2D eigenvalue weighted by molar-refractivity contribution is 0.483. The zero-order valence-corrected chi connectivity index (χ0v) is 12.2. The van der Waals surface area contributed by atoms with Gasteiger partial charge in [0, 0.05) is 11.7 Å². The molecule has 2 rings (SSSR count). The molecule has 1 N–H and O–H groups in total. The molecule has 2 unspecified atom stereocenters. The molecule has 102 valence electrons. The molecule has 0 aromatic carbocycles. The van der Waals surface area contributed by atoms with Gasteiger partial charge >= 0.3 is 0 Å². The summed E-state index contributed by atoms with van der Waals surface area (Å²) in [6.07, 6.45) is 5.59. The van der Waals surface area contributed by atoms with Crippen molar-refractivity contribution in [3.63, 3.8) is 0 Å². The van der Waals surface area contributed by atoms with Crippen molar-refractivity contribution in [3.8, 4) is 6.07 Å². The number of hydrogen-bond donors (Lipinski definition) is 1. The molecule has 1 aliphatic rings. The van der Waals surface area contributed by atoms with Gasteiger partial charge in [-0.25, -0.2) is 4.98 Å². The van der Waals surface area contributed by atoms with Gasteiger partial charge in [-0.15, -0.1) is 0 Å². The maximum absolute atomic E-state index is 9.26. The third-order valence-electron chi connectivity index (χ3n) is 4.01. The first-order chi connectivity index (χ1) is 9.13. The molecule has 19 heavy (non-hydrogen) atoms. The van der Waals surface area contributed by atoms with Crippen LogP contribution in [0.15, 0.2) is 6.07 Å². The minimum atomic E-state index is 0.356. The van der Waals surface area contributed by atoms with Gasteiger partial charge in [-0.1, -0.05) is 20.3 Å². The van der Waals surface area contributed by atoms with Crippen molar-refractivity contribution in [1.29, 1.82) is 5.26 Å². The van der Waals surface area contributed by atoms with E-state index in [1.807, 2.05) is 6.07 Å². The van der Waals surface area contributed by atoms with Crippen LogP contribution < -0.4 is 5.32 Å². The lowest BCUT2D eigenvalue weighted by atomic mass is 10.0. The van der Waals surface area contributed by atoms with Crippen LogP contribution in [0, 0.1) is 17.2 Å². The first-order valence-electron chi connectivity index (χ1n) is 7.33. The molecular formula is C16H23N3. The van der Waals surface area contributed by atoms with Crippen molar-refractivity contribution in [2.24, 2.45) is 5.92 Å². The maximum Gasteiger partial charge on any atom is 0.144 e. The summed E-state index contributed by atoms with van der Waals surface area (Å²) in [7, 11) is 0. The Bertz CT molecular complexity index is 488. The summed E-state index contributed by atoms with van der Waals surface area (Å²) in [6.45, 7) is 6.65. The van der Waals surface area contributed by atoms with Gasteiger partial charge in [0.25, 0.3) is 0 Å². The van der Waals surface area contributed by atoms with E-state index in [-0.39, 0.29) is 0 Å². The first kappa shape index (κ1) is 13.9. The van der Waals surface area contributed by atoms with Gasteiger partial charge in [0.2, 0.25) is 0 Å². The summed E-state index contributed by atoms with van der Waals surface area (Å²) in [4.78, 5) is 4.66. The van der Waals surface area contributed by atoms with Gasteiger partial charge in [-0.3, -0.25) is 0 Å². The lowest BCUT2D eigenvalue weighted by Gasteiger charge is -2.19. The van der Waals surface area contributed by atoms with Gasteiger partial charge in [0.15, 0.2) is 0 Å². The Kier molecular flexibility index (Phi) is 4.42. The standard InChI is InChI=1S/C16H23N3/c1-4-11(2)8-12(3)18-16-14(10-17)9-13-6-5-7-15(13)19-16/h9,11-12H,4-8H2,1-3H3,(H,18,19). The molecule has 2 atom stereocenters. The molecule has 0 saturated heterocycles. The van der Waals surface area contributed by atoms with E-state index in [0.29, 0.717) is 17.5 Å². The Morgan fingerprint density at radius 2 is 2.21 bits per heavy atom. The molecule has 0 fully saturated rings. The van der Waals surface area contributed by atoms with E-state index in [4.69, 9.17) is 0 Å². The third kappa shape index (κ3) is 3.26. The molecule has 0 aliphatic heterocycles. The van der Waals surface area contributed by atoms with Crippen LogP contribution in [0.1, 0.15) is 56.9 Å². The Balaban J connectivity index is 2.14. The summed E-state index contributed by atoms with van der Waals surface area (Å²) >= 11 is 0. The predicted octanol–water partition coefficient (Wildman–Crippen LogP) is 3.68. The SMILES string of the molecule is CCC(C)CC(C)Nc1nc2c(cc1C#N)CCC2. The van der Waals surface area contributed by atoms with Crippen LogP contribution in [0.3, 0.4) is 0 Å². The zero-order chi connectivity index (χ0) is 13.8. The van der Waals surface area contributed by atoms with Crippen molar-refractivity contribution in [2.75, 3.05) is 5.32 Å². The number of nitrogens with zero attached hydrogens (tertiary/aromatic N) is 2. The molecule has 1 heterocycles. The smallest absolute Gasteiger partial charge is 0.144 e. The van der Waals surface area contributed by atoms with Gasteiger partial charge in [-0.05, 0) is 50.2 Å². The van der Waals surface area contributed by atoms with Crippen molar-refractivity contribution < 1.29 is 0 Å². The van der Waals surface area contributed by atoms with Crippen molar-refractivity contribution in [2.45, 2.75) is 58.9 Å². The van der Waals surface area contributed by atoms with E-state index in [1.54, 1.807) is 0 Å². The fourth-order valence-electron chi connectivity index (χ4n) is 2.73. The average Bonchev–Trinajstić information content (AvgIpc) is 2.84. The number of hydrogen-bond acceptors (Lipinski definition) is 3. The molecule has 0 bridgehead atoms. The molecule has 0 amide bonds. The quantitative estimate of drug-likeness (QED) is 0.875. The number of nitrogens with one attached hydrogen (secondary N) is 1. The van der Waals surface area contributed by atoms with E-state index in [2.05, 4.69) is 37.1 Å². The van der Waals surface area contributed by atoms with Gasteiger partial charge in [0.1, 0.15) is 11.9 Å². The van der Waals surface area contributed by atoms with E-state index in [9.17, 15) is 5.26 Å². The number of rotatable bonds is 5. The molecule has 0 radical (unpaired) electrons. The summed E-state index contributed by atoms with van der Waals surface area (Å²) in [5.41, 5.74) is 3.13. The summed E-state index contributed by atoms with van der Waals surface area (Å²) in [5, 5.41) is 12.7. The van der Waals surface area contributed by atoms with Crippen molar-refractivity contribution >= 4 is 5.82 Å². The topological polar surface area (TPSA) is 48.7 Å². The van der Waals surface area contributed by atoms with Crippen LogP contribution in [0.25, 0.3) is 0 Å². The largest absolute Gasteiger partial charge is 0.367 e. The highest BCUT2D eigenvalue weighted by Crippen LogP contribution is 2.25. The zero-order valence-electron chi connectivity index (χ0n) is 12.2. The summed E-state index contributed by atoms with van der Waals surface area (Å²) in [6, 6.07) is 4.65. The van der Waals surface area contributed by atoms with E-state index < -0.39 is 0 Å². The van der Waals surface area contributed by atoms with Crippen molar-refractivity contribution in [1.82, 2.24) is 4.98 Å². The Hall–Kier alpha value is -1.56. The van der Waals surface area contributed by atoms with E-state index in [1.165, 1.54) is 24.1 Å². The Morgan fingerprint density at radius 3 is 2.89 bits per heavy atom. The van der Waals surface area contributed by atoms with Gasteiger partial charge in [0.05, 0.1) is 5.56 Å². The van der Waals surface area contributed by atoms with Gasteiger partial charge < -0.3 is 5.32 Å². The molecule has 0 saturated carbocycles. The highest BCUT2D eigenvalue weighted by Gasteiger charge is 2.17. The molecule has 0 spiro atoms. The van der Waals surface area contributed by atoms with Crippen LogP contribution >= 0.6 is 0 Å².